The minimum Gasteiger partial charge on any atom is -0.319 e. The zero-order valence-electron chi connectivity index (χ0n) is 11.1. The van der Waals surface area contributed by atoms with Crippen molar-refractivity contribution >= 4 is 12.4 Å². The van der Waals surface area contributed by atoms with E-state index in [2.05, 4.69) is 0 Å². The van der Waals surface area contributed by atoms with Crippen LogP contribution in [-0.2, 0) is 4.57 Å². The summed E-state index contributed by atoms with van der Waals surface area (Å²) in [4.78, 5) is 0. The summed E-state index contributed by atoms with van der Waals surface area (Å²) in [7, 11) is -2.56. The van der Waals surface area contributed by atoms with Crippen LogP contribution in [0.3, 0.4) is 0 Å². The summed E-state index contributed by atoms with van der Waals surface area (Å²) in [5.74, 6) is -1.74. The fourth-order valence-electron chi connectivity index (χ4n) is 2.02. The molecule has 19 heavy (non-hydrogen) atoms. The van der Waals surface area contributed by atoms with Gasteiger partial charge in [0, 0.05) is 10.9 Å². The van der Waals surface area contributed by atoms with E-state index in [0.29, 0.717) is 10.9 Å². The lowest BCUT2D eigenvalue weighted by Crippen LogP contribution is -2.08. The Morgan fingerprint density at radius 1 is 0.895 bits per heavy atom. The number of benzene rings is 2. The molecule has 0 unspecified atom stereocenters. The second kappa shape index (κ2) is 4.90. The Hall–Kier alpha value is -1.47. The van der Waals surface area contributed by atoms with E-state index >= 15 is 0 Å². The van der Waals surface area contributed by atoms with Crippen molar-refractivity contribution in [2.45, 2.75) is 6.92 Å². The molecule has 0 aliphatic carbocycles. The van der Waals surface area contributed by atoms with Crippen LogP contribution in [0.25, 0.3) is 11.1 Å². The lowest BCUT2D eigenvalue weighted by molar-refractivity contribution is 0.505. The van der Waals surface area contributed by atoms with Gasteiger partial charge in [-0.3, -0.25) is 0 Å². The first kappa shape index (κ1) is 14.0. The largest absolute Gasteiger partial charge is 0.319 e. The molecular formula is C15H15F2OP. The molecule has 0 saturated heterocycles. The van der Waals surface area contributed by atoms with Crippen LogP contribution in [0.15, 0.2) is 36.4 Å². The number of hydrogen-bond donors (Lipinski definition) is 0. The highest BCUT2D eigenvalue weighted by Crippen LogP contribution is 2.39. The van der Waals surface area contributed by atoms with Gasteiger partial charge in [0.2, 0.25) is 0 Å². The molecule has 0 aliphatic heterocycles. The van der Waals surface area contributed by atoms with Crippen molar-refractivity contribution in [2.75, 3.05) is 13.3 Å². The predicted molar refractivity (Wildman–Crippen MR) is 75.6 cm³/mol. The summed E-state index contributed by atoms with van der Waals surface area (Å²) in [6, 6.07) is 9.91. The molecule has 0 bridgehead atoms. The number of halogens is 2. The molecule has 0 fully saturated rings. The molecule has 0 atom stereocenters. The van der Waals surface area contributed by atoms with E-state index < -0.39 is 18.8 Å². The Kier molecular flexibility index (Phi) is 3.60. The first-order chi connectivity index (χ1) is 8.82. The van der Waals surface area contributed by atoms with Gasteiger partial charge in [-0.15, -0.1) is 0 Å². The summed E-state index contributed by atoms with van der Waals surface area (Å²) in [6.07, 6.45) is 0. The van der Waals surface area contributed by atoms with Crippen LogP contribution < -0.4 is 5.30 Å². The first-order valence-corrected chi connectivity index (χ1v) is 8.52. The van der Waals surface area contributed by atoms with Crippen molar-refractivity contribution in [1.82, 2.24) is 0 Å². The average molecular weight is 280 g/mol. The summed E-state index contributed by atoms with van der Waals surface area (Å²) >= 11 is 0. The maximum absolute atomic E-state index is 14.1. The predicted octanol–water partition coefficient (Wildman–Crippen LogP) is 4.19. The van der Waals surface area contributed by atoms with Crippen LogP contribution in [0.1, 0.15) is 5.56 Å². The van der Waals surface area contributed by atoms with Crippen molar-refractivity contribution in [3.8, 4) is 11.1 Å². The maximum Gasteiger partial charge on any atom is 0.166 e. The lowest BCUT2D eigenvalue weighted by Gasteiger charge is -2.14. The smallest absolute Gasteiger partial charge is 0.166 e. The van der Waals surface area contributed by atoms with Crippen molar-refractivity contribution in [1.29, 1.82) is 0 Å². The molecule has 0 radical (unpaired) electrons. The lowest BCUT2D eigenvalue weighted by atomic mass is 10.0. The molecule has 0 spiro atoms. The molecule has 0 aromatic heterocycles. The monoisotopic (exact) mass is 280 g/mol. The van der Waals surface area contributed by atoms with Gasteiger partial charge >= 0.3 is 0 Å². The van der Waals surface area contributed by atoms with Crippen molar-refractivity contribution < 1.29 is 13.3 Å². The number of aryl methyl sites for hydroxylation is 1. The highest BCUT2D eigenvalue weighted by molar-refractivity contribution is 7.70. The van der Waals surface area contributed by atoms with E-state index in [9.17, 15) is 13.3 Å². The van der Waals surface area contributed by atoms with Gasteiger partial charge < -0.3 is 4.57 Å². The molecule has 0 amide bonds. The quantitative estimate of drug-likeness (QED) is 0.754. The van der Waals surface area contributed by atoms with Crippen LogP contribution in [-0.4, -0.2) is 13.3 Å². The van der Waals surface area contributed by atoms with E-state index in [4.69, 9.17) is 0 Å². The Labute approximate surface area is 111 Å². The molecule has 2 rings (SSSR count). The SMILES string of the molecule is Cc1ccc(-c2ccccc2P(C)(C)=O)c(F)c1F. The first-order valence-electron chi connectivity index (χ1n) is 5.92. The third-order valence-electron chi connectivity index (χ3n) is 3.05. The molecular weight excluding hydrogens is 265 g/mol. The number of rotatable bonds is 2. The third kappa shape index (κ3) is 2.62. The van der Waals surface area contributed by atoms with Crippen LogP contribution in [0.4, 0.5) is 8.78 Å². The fourth-order valence-corrected chi connectivity index (χ4v) is 3.25. The Balaban J connectivity index is 2.74. The minimum absolute atomic E-state index is 0.155. The van der Waals surface area contributed by atoms with Gasteiger partial charge in [0.05, 0.1) is 0 Å². The fraction of sp³-hybridized carbons (Fsp3) is 0.200. The Bertz CT molecular complexity index is 674. The Morgan fingerprint density at radius 2 is 1.53 bits per heavy atom. The maximum atomic E-state index is 14.1. The van der Waals surface area contributed by atoms with Crippen molar-refractivity contribution in [3.05, 3.63) is 53.6 Å². The zero-order valence-corrected chi connectivity index (χ0v) is 12.0. The van der Waals surface area contributed by atoms with Gasteiger partial charge in [-0.2, -0.15) is 0 Å². The zero-order chi connectivity index (χ0) is 14.2. The molecule has 0 aliphatic rings. The van der Waals surface area contributed by atoms with Crippen LogP contribution >= 0.6 is 7.14 Å². The molecule has 2 aromatic carbocycles. The van der Waals surface area contributed by atoms with Gasteiger partial charge in [-0.25, -0.2) is 8.78 Å². The van der Waals surface area contributed by atoms with Gasteiger partial charge in [0.15, 0.2) is 11.6 Å². The minimum atomic E-state index is -2.56. The normalized spacial score (nSPS) is 11.6. The van der Waals surface area contributed by atoms with E-state index in [1.807, 2.05) is 0 Å². The molecule has 2 aromatic rings. The van der Waals surface area contributed by atoms with Gasteiger partial charge in [-0.05, 0) is 31.4 Å². The second-order valence-electron chi connectivity index (χ2n) is 4.93. The van der Waals surface area contributed by atoms with Crippen LogP contribution in [0, 0.1) is 18.6 Å². The van der Waals surface area contributed by atoms with E-state index in [-0.39, 0.29) is 11.1 Å². The van der Waals surface area contributed by atoms with Crippen LogP contribution in [0.5, 0.6) is 0 Å². The van der Waals surface area contributed by atoms with Crippen molar-refractivity contribution in [3.63, 3.8) is 0 Å². The van der Waals surface area contributed by atoms with E-state index in [1.165, 1.54) is 19.1 Å². The summed E-state index contributed by atoms with van der Waals surface area (Å²) in [6.45, 7) is 4.75. The van der Waals surface area contributed by atoms with Crippen molar-refractivity contribution in [2.24, 2.45) is 0 Å². The van der Waals surface area contributed by atoms with Gasteiger partial charge in [-0.1, -0.05) is 36.4 Å². The molecule has 4 heteroatoms. The average Bonchev–Trinajstić information content (AvgIpc) is 2.35. The molecule has 0 N–H and O–H groups in total. The summed E-state index contributed by atoms with van der Waals surface area (Å²) in [5.41, 5.74) is 0.907. The van der Waals surface area contributed by atoms with E-state index in [0.717, 1.165) is 0 Å². The Morgan fingerprint density at radius 3 is 2.16 bits per heavy atom. The molecule has 0 saturated carbocycles. The number of hydrogen-bond acceptors (Lipinski definition) is 1. The van der Waals surface area contributed by atoms with Gasteiger partial charge in [0.1, 0.15) is 7.14 Å². The second-order valence-corrected chi connectivity index (χ2v) is 8.11. The molecule has 0 heterocycles. The van der Waals surface area contributed by atoms with E-state index in [1.54, 1.807) is 37.6 Å². The molecule has 100 valence electrons. The van der Waals surface area contributed by atoms with Gasteiger partial charge in [0.25, 0.3) is 0 Å². The highest BCUT2D eigenvalue weighted by atomic mass is 31.2. The highest BCUT2D eigenvalue weighted by Gasteiger charge is 2.20. The summed E-state index contributed by atoms with van der Waals surface area (Å²) < 4.78 is 40.0. The molecule has 1 nitrogen and oxygen atoms in total. The summed E-state index contributed by atoms with van der Waals surface area (Å²) in [5, 5.41) is 0.567. The van der Waals surface area contributed by atoms with Crippen LogP contribution in [0.2, 0.25) is 0 Å². The third-order valence-corrected chi connectivity index (χ3v) is 4.60. The topological polar surface area (TPSA) is 17.1 Å². The standard InChI is InChI=1S/C15H15F2OP/c1-10-8-9-12(15(17)14(10)16)11-6-4-5-7-13(11)19(2,3)18/h4-9H,1-3H3.